The molecule has 142 valence electrons. The SMILES string of the molecule is COc1cc2sc(C(=O)O)c(OCc3c(F)ccc(F)c3F)c2cc1OC. The van der Waals surface area contributed by atoms with Gasteiger partial charge in [0, 0.05) is 16.2 Å². The van der Waals surface area contributed by atoms with Gasteiger partial charge in [0.15, 0.2) is 33.8 Å². The van der Waals surface area contributed by atoms with Gasteiger partial charge in [-0.2, -0.15) is 0 Å². The molecule has 3 rings (SSSR count). The molecular weight excluding hydrogens is 385 g/mol. The average molecular weight is 398 g/mol. The zero-order valence-corrected chi connectivity index (χ0v) is 15.0. The van der Waals surface area contributed by atoms with E-state index in [9.17, 15) is 23.1 Å². The van der Waals surface area contributed by atoms with Gasteiger partial charge in [-0.1, -0.05) is 0 Å². The van der Waals surface area contributed by atoms with Crippen molar-refractivity contribution in [1.29, 1.82) is 0 Å². The van der Waals surface area contributed by atoms with Gasteiger partial charge in [-0.05, 0) is 18.2 Å². The van der Waals surface area contributed by atoms with Gasteiger partial charge in [0.25, 0.3) is 0 Å². The predicted octanol–water partition coefficient (Wildman–Crippen LogP) is 4.61. The van der Waals surface area contributed by atoms with Crippen LogP contribution >= 0.6 is 11.3 Å². The molecule has 2 aromatic carbocycles. The van der Waals surface area contributed by atoms with E-state index in [2.05, 4.69) is 0 Å². The first kappa shape index (κ1) is 18.8. The summed E-state index contributed by atoms with van der Waals surface area (Å²) in [4.78, 5) is 11.4. The van der Waals surface area contributed by atoms with Crippen molar-refractivity contribution >= 4 is 27.4 Å². The summed E-state index contributed by atoms with van der Waals surface area (Å²) in [7, 11) is 2.84. The lowest BCUT2D eigenvalue weighted by Crippen LogP contribution is -2.06. The predicted molar refractivity (Wildman–Crippen MR) is 92.5 cm³/mol. The molecule has 3 aromatic rings. The smallest absolute Gasteiger partial charge is 0.349 e. The summed E-state index contributed by atoms with van der Waals surface area (Å²) in [5, 5.41) is 9.80. The molecule has 1 N–H and O–H groups in total. The van der Waals surface area contributed by atoms with Crippen LogP contribution in [0.25, 0.3) is 10.1 Å². The second kappa shape index (κ2) is 7.36. The van der Waals surface area contributed by atoms with Crippen molar-refractivity contribution < 1.29 is 37.3 Å². The van der Waals surface area contributed by atoms with Gasteiger partial charge in [-0.25, -0.2) is 18.0 Å². The zero-order valence-electron chi connectivity index (χ0n) is 14.1. The lowest BCUT2D eigenvalue weighted by Gasteiger charge is -2.10. The Hall–Kier alpha value is -2.94. The molecule has 0 aliphatic rings. The van der Waals surface area contributed by atoms with E-state index < -0.39 is 35.6 Å². The molecule has 0 bridgehead atoms. The second-order valence-electron chi connectivity index (χ2n) is 5.38. The summed E-state index contributed by atoms with van der Waals surface area (Å²) < 4.78 is 57.3. The van der Waals surface area contributed by atoms with Gasteiger partial charge in [0.2, 0.25) is 0 Å². The molecule has 1 aromatic heterocycles. The molecular formula is C18H13F3O5S. The van der Waals surface area contributed by atoms with Crippen molar-refractivity contribution in [3.63, 3.8) is 0 Å². The Kier molecular flexibility index (Phi) is 5.13. The van der Waals surface area contributed by atoms with Crippen LogP contribution in [0, 0.1) is 17.5 Å². The minimum Gasteiger partial charge on any atom is -0.493 e. The van der Waals surface area contributed by atoms with Crippen molar-refractivity contribution in [3.05, 3.63) is 52.2 Å². The number of carboxylic acid groups (broad SMARTS) is 1. The van der Waals surface area contributed by atoms with Gasteiger partial charge in [-0.15, -0.1) is 11.3 Å². The number of hydrogen-bond acceptors (Lipinski definition) is 5. The van der Waals surface area contributed by atoms with E-state index in [-0.39, 0.29) is 10.6 Å². The van der Waals surface area contributed by atoms with E-state index in [0.717, 1.165) is 17.4 Å². The van der Waals surface area contributed by atoms with E-state index in [0.29, 0.717) is 27.7 Å². The Morgan fingerprint density at radius 3 is 2.33 bits per heavy atom. The average Bonchev–Trinajstić information content (AvgIpc) is 3.01. The molecule has 0 radical (unpaired) electrons. The van der Waals surface area contributed by atoms with Crippen LogP contribution in [-0.4, -0.2) is 25.3 Å². The maximum atomic E-state index is 13.8. The maximum absolute atomic E-state index is 13.8. The number of thiophene rings is 1. The Morgan fingerprint density at radius 2 is 1.70 bits per heavy atom. The number of ether oxygens (including phenoxy) is 3. The molecule has 0 unspecified atom stereocenters. The van der Waals surface area contributed by atoms with E-state index >= 15 is 0 Å². The third kappa shape index (κ3) is 3.37. The lowest BCUT2D eigenvalue weighted by molar-refractivity contribution is 0.0697. The molecule has 5 nitrogen and oxygen atoms in total. The van der Waals surface area contributed by atoms with Crippen molar-refractivity contribution in [2.75, 3.05) is 14.2 Å². The first-order valence-corrected chi connectivity index (χ1v) is 8.36. The molecule has 0 fully saturated rings. The highest BCUT2D eigenvalue weighted by Gasteiger charge is 2.23. The van der Waals surface area contributed by atoms with Crippen LogP contribution in [0.4, 0.5) is 13.2 Å². The minimum absolute atomic E-state index is 0.0912. The van der Waals surface area contributed by atoms with Gasteiger partial charge < -0.3 is 19.3 Å². The molecule has 0 amide bonds. The number of hydrogen-bond donors (Lipinski definition) is 1. The third-order valence-corrected chi connectivity index (χ3v) is 4.96. The van der Waals surface area contributed by atoms with Crippen LogP contribution in [0.2, 0.25) is 0 Å². The lowest BCUT2D eigenvalue weighted by atomic mass is 10.2. The van der Waals surface area contributed by atoms with Crippen LogP contribution < -0.4 is 14.2 Å². The number of methoxy groups -OCH3 is 2. The summed E-state index contributed by atoms with van der Waals surface area (Å²) in [6.07, 6.45) is 0. The van der Waals surface area contributed by atoms with E-state index in [4.69, 9.17) is 14.2 Å². The fourth-order valence-corrected chi connectivity index (χ4v) is 3.53. The molecule has 0 saturated heterocycles. The number of benzene rings is 2. The number of halogens is 3. The highest BCUT2D eigenvalue weighted by Crippen LogP contribution is 2.43. The Labute approximate surface area is 155 Å². The molecule has 0 aliphatic heterocycles. The largest absolute Gasteiger partial charge is 0.493 e. The number of carbonyl (C=O) groups is 1. The van der Waals surface area contributed by atoms with E-state index in [1.54, 1.807) is 6.07 Å². The Bertz CT molecular complexity index is 1030. The van der Waals surface area contributed by atoms with Gasteiger partial charge >= 0.3 is 5.97 Å². The first-order valence-electron chi connectivity index (χ1n) is 7.54. The normalized spacial score (nSPS) is 10.9. The standard InChI is InChI=1S/C18H13F3O5S/c1-24-12-5-8-14(6-13(12)25-2)27-17(18(22)23)16(8)26-7-9-10(19)3-4-11(20)15(9)21/h3-6H,7H2,1-2H3,(H,22,23). The van der Waals surface area contributed by atoms with Gasteiger partial charge in [-0.3, -0.25) is 0 Å². The fourth-order valence-electron chi connectivity index (χ4n) is 2.53. The summed E-state index contributed by atoms with van der Waals surface area (Å²) >= 11 is 0.906. The van der Waals surface area contributed by atoms with Crippen LogP contribution in [0.5, 0.6) is 17.2 Å². The van der Waals surface area contributed by atoms with Crippen LogP contribution in [0.15, 0.2) is 24.3 Å². The molecule has 0 aliphatic carbocycles. The maximum Gasteiger partial charge on any atom is 0.349 e. The fraction of sp³-hybridized carbons (Fsp3) is 0.167. The van der Waals surface area contributed by atoms with Crippen LogP contribution in [0.3, 0.4) is 0 Å². The highest BCUT2D eigenvalue weighted by molar-refractivity contribution is 7.21. The van der Waals surface area contributed by atoms with Gasteiger partial charge in [0.05, 0.1) is 19.8 Å². The monoisotopic (exact) mass is 398 g/mol. The summed E-state index contributed by atoms with van der Waals surface area (Å²) in [6.45, 7) is -0.685. The van der Waals surface area contributed by atoms with E-state index in [1.165, 1.54) is 20.3 Å². The molecule has 27 heavy (non-hydrogen) atoms. The molecule has 9 heteroatoms. The quantitative estimate of drug-likeness (QED) is 0.614. The first-order chi connectivity index (χ1) is 12.9. The summed E-state index contributed by atoms with van der Waals surface area (Å²) in [5.74, 6) is -4.26. The van der Waals surface area contributed by atoms with Crippen molar-refractivity contribution in [2.45, 2.75) is 6.61 Å². The van der Waals surface area contributed by atoms with E-state index in [1.807, 2.05) is 0 Å². The van der Waals surface area contributed by atoms with Crippen molar-refractivity contribution in [1.82, 2.24) is 0 Å². The molecule has 0 spiro atoms. The van der Waals surface area contributed by atoms with Crippen LogP contribution in [0.1, 0.15) is 15.2 Å². The number of rotatable bonds is 6. The molecule has 0 saturated carbocycles. The third-order valence-electron chi connectivity index (χ3n) is 3.84. The number of carboxylic acids is 1. The molecule has 1 heterocycles. The topological polar surface area (TPSA) is 65.0 Å². The zero-order chi connectivity index (χ0) is 19.7. The molecule has 0 atom stereocenters. The van der Waals surface area contributed by atoms with Crippen molar-refractivity contribution in [2.24, 2.45) is 0 Å². The van der Waals surface area contributed by atoms with Gasteiger partial charge in [0.1, 0.15) is 12.4 Å². The highest BCUT2D eigenvalue weighted by atomic mass is 32.1. The minimum atomic E-state index is -1.38. The van der Waals surface area contributed by atoms with Crippen molar-refractivity contribution in [3.8, 4) is 17.2 Å². The summed E-state index contributed by atoms with van der Waals surface area (Å²) in [6, 6.07) is 4.51. The second-order valence-corrected chi connectivity index (χ2v) is 6.43. The number of fused-ring (bicyclic) bond motifs is 1. The number of aromatic carboxylic acids is 1. The van der Waals surface area contributed by atoms with Crippen LogP contribution in [-0.2, 0) is 6.61 Å². The Balaban J connectivity index is 2.09. The Morgan fingerprint density at radius 1 is 1.07 bits per heavy atom. The summed E-state index contributed by atoms with van der Waals surface area (Å²) in [5.41, 5.74) is -0.633.